The van der Waals surface area contributed by atoms with Gasteiger partial charge in [-0.3, -0.25) is 19.7 Å². The average molecular weight is 549 g/mol. The first-order valence-electron chi connectivity index (χ1n) is 13.4. The molecule has 206 valence electrons. The minimum atomic E-state index is -0.468. The molecule has 3 heterocycles. The number of carbonyl (C=O) groups is 2. The lowest BCUT2D eigenvalue weighted by molar-refractivity contribution is -0.384. The molecule has 2 aliphatic heterocycles. The fraction of sp³-hybridized carbons (Fsp3) is 0.194. The quantitative estimate of drug-likeness (QED) is 0.180. The molecular formula is C31H28N6O4. The van der Waals surface area contributed by atoms with Gasteiger partial charge in [0.25, 0.3) is 11.6 Å². The number of rotatable bonds is 8. The molecular weight excluding hydrogens is 520 g/mol. The molecule has 0 saturated carbocycles. The van der Waals surface area contributed by atoms with E-state index in [1.165, 1.54) is 12.1 Å². The van der Waals surface area contributed by atoms with Gasteiger partial charge in [0.15, 0.2) is 0 Å². The lowest BCUT2D eigenvalue weighted by Gasteiger charge is -2.17. The fourth-order valence-corrected chi connectivity index (χ4v) is 5.33. The largest absolute Gasteiger partial charge is 0.354 e. The van der Waals surface area contributed by atoms with E-state index in [9.17, 15) is 19.7 Å². The van der Waals surface area contributed by atoms with E-state index in [4.69, 9.17) is 0 Å². The van der Waals surface area contributed by atoms with Gasteiger partial charge in [0.1, 0.15) is 5.82 Å². The van der Waals surface area contributed by atoms with Crippen molar-refractivity contribution in [3.05, 3.63) is 106 Å². The number of nitro benzene ring substituents is 1. The first kappa shape index (κ1) is 26.0. The number of imidazole rings is 1. The maximum absolute atomic E-state index is 13.3. The highest BCUT2D eigenvalue weighted by Crippen LogP contribution is 2.39. The summed E-state index contributed by atoms with van der Waals surface area (Å²) in [5.74, 6) is 0.689. The van der Waals surface area contributed by atoms with Crippen molar-refractivity contribution in [3.63, 3.8) is 0 Å². The zero-order valence-corrected chi connectivity index (χ0v) is 22.5. The summed E-state index contributed by atoms with van der Waals surface area (Å²) in [5.41, 5.74) is 5.27. The summed E-state index contributed by atoms with van der Waals surface area (Å²) >= 11 is 0. The topological polar surface area (TPSA) is 122 Å². The van der Waals surface area contributed by atoms with E-state index in [0.717, 1.165) is 47.6 Å². The highest BCUT2D eigenvalue weighted by Gasteiger charge is 2.30. The molecule has 1 aromatic heterocycles. The van der Waals surface area contributed by atoms with Gasteiger partial charge < -0.3 is 20.1 Å². The Hall–Kier alpha value is -5.25. The average Bonchev–Trinajstić information content (AvgIpc) is 3.68. The van der Waals surface area contributed by atoms with Gasteiger partial charge in [-0.1, -0.05) is 24.3 Å². The number of nitrogens with one attached hydrogen (secondary N) is 2. The van der Waals surface area contributed by atoms with Gasteiger partial charge in [0, 0.05) is 73.6 Å². The van der Waals surface area contributed by atoms with Gasteiger partial charge in [-0.15, -0.1) is 0 Å². The molecule has 0 spiro atoms. The zero-order chi connectivity index (χ0) is 28.5. The number of aromatic nitrogens is 2. The summed E-state index contributed by atoms with van der Waals surface area (Å²) in [6.45, 7) is 1.48. The molecule has 2 aliphatic rings. The van der Waals surface area contributed by atoms with Crippen LogP contribution < -0.4 is 10.6 Å². The van der Waals surface area contributed by atoms with Crippen LogP contribution in [-0.4, -0.2) is 44.3 Å². The predicted octanol–water partition coefficient (Wildman–Crippen LogP) is 5.09. The number of hydrogen-bond donors (Lipinski definition) is 2. The van der Waals surface area contributed by atoms with Crippen molar-refractivity contribution in [2.24, 2.45) is 7.05 Å². The van der Waals surface area contributed by atoms with Crippen LogP contribution in [0, 0.1) is 10.1 Å². The molecule has 2 amide bonds. The molecule has 2 N–H and O–H groups in total. The number of amides is 2. The number of likely N-dealkylation sites (tertiary alicyclic amines) is 1. The van der Waals surface area contributed by atoms with E-state index in [2.05, 4.69) is 15.6 Å². The number of benzene rings is 3. The Morgan fingerprint density at radius 2 is 1.85 bits per heavy atom. The maximum Gasteiger partial charge on any atom is 0.270 e. The SMILES string of the molecule is Cn1ccnc1-c1ccc(N/C(=C2\C(=O)Nc3ccc([N+](=O)[O-])cc32)c2ccc(CCN3CCCC3=O)cc2)cc1. The van der Waals surface area contributed by atoms with E-state index in [0.29, 0.717) is 35.5 Å². The lowest BCUT2D eigenvalue weighted by Crippen LogP contribution is -2.26. The van der Waals surface area contributed by atoms with Crippen LogP contribution in [0.1, 0.15) is 29.5 Å². The number of hydrogen-bond acceptors (Lipinski definition) is 6. The van der Waals surface area contributed by atoms with E-state index in [1.54, 1.807) is 12.3 Å². The van der Waals surface area contributed by atoms with Crippen LogP contribution in [0.3, 0.4) is 0 Å². The van der Waals surface area contributed by atoms with Crippen molar-refractivity contribution in [1.29, 1.82) is 0 Å². The van der Waals surface area contributed by atoms with Crippen molar-refractivity contribution in [2.75, 3.05) is 23.7 Å². The zero-order valence-electron chi connectivity index (χ0n) is 22.5. The fourth-order valence-electron chi connectivity index (χ4n) is 5.33. The first-order valence-corrected chi connectivity index (χ1v) is 13.4. The van der Waals surface area contributed by atoms with Gasteiger partial charge in [-0.05, 0) is 54.3 Å². The number of non-ortho nitro benzene ring substituents is 1. The molecule has 0 unspecified atom stereocenters. The van der Waals surface area contributed by atoms with Gasteiger partial charge in [-0.25, -0.2) is 4.98 Å². The molecule has 0 atom stereocenters. The Balaban J connectivity index is 1.36. The van der Waals surface area contributed by atoms with Gasteiger partial charge >= 0.3 is 0 Å². The summed E-state index contributed by atoms with van der Waals surface area (Å²) in [7, 11) is 1.93. The highest BCUT2D eigenvalue weighted by atomic mass is 16.6. The molecule has 0 bridgehead atoms. The molecule has 1 fully saturated rings. The van der Waals surface area contributed by atoms with Crippen LogP contribution in [-0.2, 0) is 23.1 Å². The predicted molar refractivity (Wildman–Crippen MR) is 157 cm³/mol. The van der Waals surface area contributed by atoms with Crippen LogP contribution in [0.2, 0.25) is 0 Å². The third-order valence-electron chi connectivity index (χ3n) is 7.53. The minimum Gasteiger partial charge on any atom is -0.354 e. The standard InChI is InChI=1S/C31H28N6O4/c1-35-18-15-32-30(35)22-8-10-23(11-9-22)33-29(28-25-19-24(37(40)41)12-13-26(25)34-31(28)39)21-6-4-20(5-7-21)14-17-36-16-2-3-27(36)38/h4-13,15,18-19,33H,2-3,14,16-17H2,1H3,(H,34,39)/b29-28-. The lowest BCUT2D eigenvalue weighted by atomic mass is 9.98. The summed E-state index contributed by atoms with van der Waals surface area (Å²) in [5, 5.41) is 17.8. The van der Waals surface area contributed by atoms with Crippen LogP contribution in [0.5, 0.6) is 0 Å². The molecule has 41 heavy (non-hydrogen) atoms. The molecule has 10 nitrogen and oxygen atoms in total. The summed E-state index contributed by atoms with van der Waals surface area (Å²) in [6, 6.07) is 19.9. The van der Waals surface area contributed by atoms with Crippen molar-refractivity contribution < 1.29 is 14.5 Å². The second-order valence-corrected chi connectivity index (χ2v) is 10.2. The monoisotopic (exact) mass is 548 g/mol. The van der Waals surface area contributed by atoms with E-state index in [1.807, 2.05) is 71.2 Å². The Labute approximate surface area is 236 Å². The summed E-state index contributed by atoms with van der Waals surface area (Å²) in [4.78, 5) is 42.6. The van der Waals surface area contributed by atoms with Crippen LogP contribution in [0.25, 0.3) is 22.7 Å². The first-order chi connectivity index (χ1) is 19.9. The Bertz CT molecular complexity index is 1690. The number of nitro groups is 1. The number of aryl methyl sites for hydroxylation is 1. The molecule has 6 rings (SSSR count). The van der Waals surface area contributed by atoms with E-state index < -0.39 is 4.92 Å². The normalized spacial score (nSPS) is 15.6. The number of anilines is 2. The molecule has 10 heteroatoms. The second-order valence-electron chi connectivity index (χ2n) is 10.2. The van der Waals surface area contributed by atoms with Gasteiger partial charge in [0.05, 0.1) is 16.2 Å². The van der Waals surface area contributed by atoms with Crippen molar-refractivity contribution >= 4 is 40.1 Å². The van der Waals surface area contributed by atoms with Crippen molar-refractivity contribution in [3.8, 4) is 11.4 Å². The van der Waals surface area contributed by atoms with Crippen LogP contribution >= 0.6 is 0 Å². The number of carbonyl (C=O) groups excluding carboxylic acids is 2. The third kappa shape index (κ3) is 5.19. The third-order valence-corrected chi connectivity index (χ3v) is 7.53. The second kappa shape index (κ2) is 10.7. The Morgan fingerprint density at radius 1 is 1.07 bits per heavy atom. The summed E-state index contributed by atoms with van der Waals surface area (Å²) < 4.78 is 1.93. The highest BCUT2D eigenvalue weighted by molar-refractivity contribution is 6.37. The van der Waals surface area contributed by atoms with E-state index in [-0.39, 0.29) is 17.5 Å². The maximum atomic E-state index is 13.3. The van der Waals surface area contributed by atoms with Gasteiger partial charge in [-0.2, -0.15) is 0 Å². The summed E-state index contributed by atoms with van der Waals surface area (Å²) in [6.07, 6.45) is 5.88. The van der Waals surface area contributed by atoms with Crippen LogP contribution in [0.4, 0.5) is 17.1 Å². The van der Waals surface area contributed by atoms with Gasteiger partial charge in [0.2, 0.25) is 5.91 Å². The molecule has 4 aromatic rings. The molecule has 1 saturated heterocycles. The number of nitrogens with zero attached hydrogens (tertiary/aromatic N) is 4. The molecule has 0 aliphatic carbocycles. The molecule has 0 radical (unpaired) electrons. The van der Waals surface area contributed by atoms with Crippen LogP contribution in [0.15, 0.2) is 79.1 Å². The minimum absolute atomic E-state index is 0.0941. The number of fused-ring (bicyclic) bond motifs is 1. The Kier molecular flexibility index (Phi) is 6.80. The smallest absolute Gasteiger partial charge is 0.270 e. The molecule has 3 aromatic carbocycles. The van der Waals surface area contributed by atoms with Crippen molar-refractivity contribution in [1.82, 2.24) is 14.5 Å². The van der Waals surface area contributed by atoms with Crippen molar-refractivity contribution in [2.45, 2.75) is 19.3 Å². The Morgan fingerprint density at radius 3 is 2.51 bits per heavy atom. The van der Waals surface area contributed by atoms with E-state index >= 15 is 0 Å².